The Kier molecular flexibility index (Phi) is 8.13. The largest absolute Gasteiger partial charge is 0.462 e. The Morgan fingerprint density at radius 2 is 1.72 bits per heavy atom. The van der Waals surface area contributed by atoms with Gasteiger partial charge in [0.25, 0.3) is 10.2 Å². The molecule has 1 N–H and O–H groups in total. The first-order chi connectivity index (χ1) is 15.2. The van der Waals surface area contributed by atoms with Gasteiger partial charge in [0.05, 0.1) is 24.4 Å². The second kappa shape index (κ2) is 10.5. The highest BCUT2D eigenvalue weighted by molar-refractivity contribution is 7.86. The zero-order valence-corrected chi connectivity index (χ0v) is 20.5. The van der Waals surface area contributed by atoms with Crippen molar-refractivity contribution in [2.45, 2.75) is 58.9 Å². The summed E-state index contributed by atoms with van der Waals surface area (Å²) >= 11 is 0. The number of carbonyl (C=O) groups is 2. The summed E-state index contributed by atoms with van der Waals surface area (Å²) in [7, 11) is -1.80. The molecule has 1 aromatic heterocycles. The normalized spacial score (nSPS) is 19.4. The molecule has 1 saturated heterocycles. The molecule has 0 bridgehead atoms. The minimum Gasteiger partial charge on any atom is -0.462 e. The van der Waals surface area contributed by atoms with E-state index >= 15 is 0 Å². The van der Waals surface area contributed by atoms with E-state index in [0.717, 1.165) is 25.7 Å². The van der Waals surface area contributed by atoms with Gasteiger partial charge in [-0.15, -0.1) is 0 Å². The second-order valence-corrected chi connectivity index (χ2v) is 10.7. The number of nitrogens with zero attached hydrogens (tertiary/aromatic N) is 3. The van der Waals surface area contributed by atoms with E-state index in [1.165, 1.54) is 10.7 Å². The molecule has 2 aliphatic rings. The van der Waals surface area contributed by atoms with E-state index in [1.54, 1.807) is 32.1 Å². The van der Waals surface area contributed by atoms with Crippen LogP contribution in [0.1, 0.15) is 71.1 Å². The number of hydrogen-bond donors (Lipinski definition) is 1. The second-order valence-electron chi connectivity index (χ2n) is 8.76. The maximum atomic E-state index is 13.1. The van der Waals surface area contributed by atoms with Crippen molar-refractivity contribution in [2.75, 3.05) is 46.4 Å². The van der Waals surface area contributed by atoms with E-state index in [0.29, 0.717) is 48.7 Å². The van der Waals surface area contributed by atoms with Crippen LogP contribution in [0.2, 0.25) is 0 Å². The highest BCUT2D eigenvalue weighted by Gasteiger charge is 2.35. The summed E-state index contributed by atoms with van der Waals surface area (Å²) in [5, 5.41) is 0. The van der Waals surface area contributed by atoms with Crippen LogP contribution in [0.15, 0.2) is 0 Å². The van der Waals surface area contributed by atoms with Crippen LogP contribution in [0.4, 0.5) is 0 Å². The summed E-state index contributed by atoms with van der Waals surface area (Å²) < 4.78 is 34.3. The lowest BCUT2D eigenvalue weighted by atomic mass is 9.96. The summed E-state index contributed by atoms with van der Waals surface area (Å²) in [6.45, 7) is 7.41. The van der Waals surface area contributed by atoms with Crippen molar-refractivity contribution in [2.24, 2.45) is 0 Å². The molecule has 1 aromatic rings. The Morgan fingerprint density at radius 1 is 1.09 bits per heavy atom. The molecule has 3 rings (SSSR count). The number of carbonyl (C=O) groups excluding carboxylic acids is 2. The van der Waals surface area contributed by atoms with Gasteiger partial charge < -0.3 is 9.72 Å². The number of rotatable bonds is 8. The van der Waals surface area contributed by atoms with E-state index in [9.17, 15) is 18.0 Å². The summed E-state index contributed by atoms with van der Waals surface area (Å²) in [5.41, 5.74) is 2.04. The third-order valence-corrected chi connectivity index (χ3v) is 8.72. The molecule has 2 heterocycles. The molecule has 1 saturated carbocycles. The molecular formula is C22H36N4O5S. The first-order valence-corrected chi connectivity index (χ1v) is 12.9. The number of ketones is 1. The zero-order chi connectivity index (χ0) is 23.5. The third-order valence-electron chi connectivity index (χ3n) is 6.67. The van der Waals surface area contributed by atoms with Crippen molar-refractivity contribution < 1.29 is 22.7 Å². The highest BCUT2D eigenvalue weighted by Crippen LogP contribution is 2.25. The number of aryl methyl sites for hydroxylation is 1. The molecule has 0 spiro atoms. The van der Waals surface area contributed by atoms with Crippen LogP contribution in [0.3, 0.4) is 0 Å². The van der Waals surface area contributed by atoms with Gasteiger partial charge in [-0.05, 0) is 39.2 Å². The molecule has 10 heteroatoms. The van der Waals surface area contributed by atoms with Gasteiger partial charge in [0.1, 0.15) is 0 Å². The van der Waals surface area contributed by atoms with E-state index in [-0.39, 0.29) is 25.0 Å². The molecule has 0 radical (unpaired) electrons. The van der Waals surface area contributed by atoms with Gasteiger partial charge in [-0.25, -0.2) is 4.79 Å². The highest BCUT2D eigenvalue weighted by atomic mass is 32.2. The number of nitrogens with one attached hydrogen (secondary N) is 1. The molecule has 0 unspecified atom stereocenters. The smallest absolute Gasteiger partial charge is 0.340 e. The summed E-state index contributed by atoms with van der Waals surface area (Å²) in [6.07, 6.45) is 5.18. The molecule has 1 aliphatic heterocycles. The predicted octanol–water partition coefficient (Wildman–Crippen LogP) is 2.12. The van der Waals surface area contributed by atoms with E-state index < -0.39 is 16.2 Å². The SMILES string of the molecule is CCOC(=O)c1c(C)[nH]c(C(=O)CN2CCN(S(=O)(=O)N(C)C3CCCCC3)CC2)c1C. The predicted molar refractivity (Wildman–Crippen MR) is 122 cm³/mol. The average Bonchev–Trinajstić information content (AvgIpc) is 3.08. The summed E-state index contributed by atoms with van der Waals surface area (Å²) in [4.78, 5) is 30.1. The zero-order valence-electron chi connectivity index (χ0n) is 19.6. The van der Waals surface area contributed by atoms with Gasteiger partial charge in [-0.1, -0.05) is 19.3 Å². The molecule has 0 aromatic carbocycles. The maximum Gasteiger partial charge on any atom is 0.340 e. The van der Waals surface area contributed by atoms with E-state index in [1.807, 2.05) is 4.90 Å². The van der Waals surface area contributed by atoms with Crippen molar-refractivity contribution in [3.63, 3.8) is 0 Å². The topological polar surface area (TPSA) is 103 Å². The van der Waals surface area contributed by atoms with E-state index in [4.69, 9.17) is 4.74 Å². The van der Waals surface area contributed by atoms with Crippen LogP contribution in [0.25, 0.3) is 0 Å². The van der Waals surface area contributed by atoms with Crippen molar-refractivity contribution in [3.8, 4) is 0 Å². The van der Waals surface area contributed by atoms with E-state index in [2.05, 4.69) is 4.98 Å². The molecule has 9 nitrogen and oxygen atoms in total. The molecule has 0 amide bonds. The molecular weight excluding hydrogens is 432 g/mol. The van der Waals surface area contributed by atoms with Crippen molar-refractivity contribution in [1.82, 2.24) is 18.5 Å². The Bertz CT molecular complexity index is 928. The van der Waals surface area contributed by atoms with Crippen molar-refractivity contribution in [1.29, 1.82) is 0 Å². The number of aromatic nitrogens is 1. The van der Waals surface area contributed by atoms with Gasteiger partial charge in [0.2, 0.25) is 0 Å². The standard InChI is InChI=1S/C22H36N4O5S/c1-5-31-22(28)20-16(2)21(23-17(20)3)19(27)15-25-11-13-26(14-12-25)32(29,30)24(4)18-9-7-6-8-10-18/h18,23H,5-15H2,1-4H3. The first-order valence-electron chi connectivity index (χ1n) is 11.5. The van der Waals surface area contributed by atoms with Crippen LogP contribution in [0.5, 0.6) is 0 Å². The molecule has 180 valence electrons. The van der Waals surface area contributed by atoms with Gasteiger partial charge in [0, 0.05) is 45.0 Å². The lowest BCUT2D eigenvalue weighted by Gasteiger charge is -2.38. The fourth-order valence-corrected chi connectivity index (χ4v) is 6.33. The van der Waals surface area contributed by atoms with Gasteiger partial charge in [0.15, 0.2) is 5.78 Å². The van der Waals surface area contributed by atoms with Crippen LogP contribution in [0, 0.1) is 13.8 Å². The number of esters is 1. The third kappa shape index (κ3) is 5.24. The summed E-state index contributed by atoms with van der Waals surface area (Å²) in [6, 6.07) is 0.0843. The molecule has 2 fully saturated rings. The Labute approximate surface area is 191 Å². The van der Waals surface area contributed by atoms with Crippen molar-refractivity contribution in [3.05, 3.63) is 22.5 Å². The number of Topliss-reactive ketones (excluding diaryl/α,β-unsaturated/α-hetero) is 1. The maximum absolute atomic E-state index is 13.1. The number of ether oxygens (including phenoxy) is 1. The van der Waals surface area contributed by atoms with Crippen LogP contribution < -0.4 is 0 Å². The lowest BCUT2D eigenvalue weighted by Crippen LogP contribution is -2.54. The van der Waals surface area contributed by atoms with Gasteiger partial charge in [-0.3, -0.25) is 9.69 Å². The fraction of sp³-hybridized carbons (Fsp3) is 0.727. The molecule has 1 aliphatic carbocycles. The van der Waals surface area contributed by atoms with Crippen LogP contribution in [-0.2, 0) is 14.9 Å². The van der Waals surface area contributed by atoms with Gasteiger partial charge >= 0.3 is 5.97 Å². The monoisotopic (exact) mass is 468 g/mol. The molecule has 32 heavy (non-hydrogen) atoms. The fourth-order valence-electron chi connectivity index (χ4n) is 4.75. The Hall–Kier alpha value is -1.75. The minimum absolute atomic E-state index is 0.0843. The number of H-pyrrole nitrogens is 1. The Balaban J connectivity index is 1.58. The number of aromatic amines is 1. The minimum atomic E-state index is -3.49. The van der Waals surface area contributed by atoms with Gasteiger partial charge in [-0.2, -0.15) is 17.0 Å². The van der Waals surface area contributed by atoms with Crippen LogP contribution in [-0.4, -0.2) is 91.1 Å². The van der Waals surface area contributed by atoms with Crippen molar-refractivity contribution >= 4 is 22.0 Å². The Morgan fingerprint density at radius 3 is 2.31 bits per heavy atom. The molecule has 0 atom stereocenters. The quantitative estimate of drug-likeness (QED) is 0.463. The first kappa shape index (κ1) is 24.9. The number of hydrogen-bond acceptors (Lipinski definition) is 6. The average molecular weight is 469 g/mol. The summed E-state index contributed by atoms with van der Waals surface area (Å²) in [5.74, 6) is -0.546. The lowest BCUT2D eigenvalue weighted by molar-refractivity contribution is 0.0525. The number of piperazine rings is 1. The van der Waals surface area contributed by atoms with Crippen LogP contribution >= 0.6 is 0 Å².